The Morgan fingerprint density at radius 3 is 1.31 bits per heavy atom. The average Bonchev–Trinajstić information content (AvgIpc) is 3.08. The first kappa shape index (κ1) is 36.0. The molecule has 6 rings (SSSR count). The van der Waals surface area contributed by atoms with Crippen molar-refractivity contribution in [3.63, 3.8) is 0 Å². The molecule has 0 aliphatic carbocycles. The van der Waals surface area contributed by atoms with Crippen LogP contribution in [0, 0.1) is 20.2 Å². The zero-order valence-corrected chi connectivity index (χ0v) is 28.0. The highest BCUT2D eigenvalue weighted by Crippen LogP contribution is 2.36. The van der Waals surface area contributed by atoms with E-state index in [9.17, 15) is 47.8 Å². The van der Waals surface area contributed by atoms with Gasteiger partial charge >= 0.3 is 0 Å². The highest BCUT2D eigenvalue weighted by molar-refractivity contribution is 7.85. The van der Waals surface area contributed by atoms with Crippen LogP contribution in [0.4, 0.5) is 11.4 Å². The molecule has 2 heterocycles. The lowest BCUT2D eigenvalue weighted by Gasteiger charge is -2.28. The van der Waals surface area contributed by atoms with Crippen LogP contribution in [0.15, 0.2) is 70.6 Å². The van der Waals surface area contributed by atoms with Crippen LogP contribution >= 0.6 is 0 Å². The maximum absolute atomic E-state index is 13.6. The summed E-state index contributed by atoms with van der Waals surface area (Å²) >= 11 is 0. The molecule has 0 spiro atoms. The molecule has 0 saturated carbocycles. The maximum Gasteiger partial charge on any atom is 0.270 e. The minimum absolute atomic E-state index is 0.0265. The Morgan fingerprint density at radius 1 is 0.667 bits per heavy atom. The lowest BCUT2D eigenvalue weighted by atomic mass is 9.92. The molecule has 2 aliphatic rings. The van der Waals surface area contributed by atoms with E-state index in [1.54, 1.807) is 36.4 Å². The number of non-ortho nitro benzene ring substituents is 2. The van der Waals surface area contributed by atoms with E-state index >= 15 is 0 Å². The van der Waals surface area contributed by atoms with E-state index in [2.05, 4.69) is 9.98 Å². The number of nitro groups is 2. The van der Waals surface area contributed by atoms with Crippen molar-refractivity contribution in [2.24, 2.45) is 9.98 Å². The second kappa shape index (κ2) is 13.9. The fourth-order valence-electron chi connectivity index (χ4n) is 6.08. The summed E-state index contributed by atoms with van der Waals surface area (Å²) in [5.74, 6) is -2.34. The number of carbonyl (C=O) groups excluding carboxylic acids is 4. The molecule has 0 unspecified atom stereocenters. The van der Waals surface area contributed by atoms with E-state index < -0.39 is 43.6 Å². The van der Waals surface area contributed by atoms with Crippen molar-refractivity contribution in [1.29, 1.82) is 0 Å². The van der Waals surface area contributed by atoms with E-state index in [0.29, 0.717) is 40.6 Å². The number of aliphatic imine (C=N–C) groups is 2. The van der Waals surface area contributed by atoms with E-state index in [1.807, 2.05) is 0 Å². The minimum atomic E-state index is -3.67. The number of amidine groups is 2. The maximum atomic E-state index is 13.6. The number of nitrogens with zero attached hydrogens (tertiary/aromatic N) is 6. The standard InChI is InChI=1S/C32H24N6O8.CH4O3S/c1-33-25(35-29(39)21-9-5-7-17-13-19(37(43)44)15-23(27(17)21)31(35)41)11-3-4-12-26(34-2)36-30(40)22-10-6-8-18-14-20(38(45)46)16-24(28(18)22)32(36)42;1-5(2,3)4/h5-10,13-16H,3-4,11-12H2,1-2H3;1H3,(H,2,3,4). The monoisotopic (exact) mass is 716 g/mol. The lowest BCUT2D eigenvalue weighted by Crippen LogP contribution is -2.45. The van der Waals surface area contributed by atoms with Crippen LogP contribution in [0.1, 0.15) is 67.1 Å². The molecule has 51 heavy (non-hydrogen) atoms. The van der Waals surface area contributed by atoms with Gasteiger partial charge in [-0.05, 0) is 35.7 Å². The van der Waals surface area contributed by atoms with Crippen LogP contribution in [-0.2, 0) is 10.1 Å². The Labute approximate surface area is 288 Å². The van der Waals surface area contributed by atoms with Crippen molar-refractivity contribution in [1.82, 2.24) is 9.80 Å². The number of hydrogen-bond donors (Lipinski definition) is 1. The van der Waals surface area contributed by atoms with Gasteiger partial charge in [0.1, 0.15) is 11.7 Å². The summed E-state index contributed by atoms with van der Waals surface area (Å²) in [7, 11) is -0.804. The molecule has 4 aromatic carbocycles. The average molecular weight is 717 g/mol. The molecule has 0 radical (unpaired) electrons. The van der Waals surface area contributed by atoms with Gasteiger partial charge in [-0.2, -0.15) is 8.42 Å². The van der Waals surface area contributed by atoms with Gasteiger partial charge in [-0.15, -0.1) is 0 Å². The number of benzene rings is 4. The molecule has 18 heteroatoms. The Bertz CT molecular complexity index is 2230. The quantitative estimate of drug-likeness (QED) is 0.0517. The summed E-state index contributed by atoms with van der Waals surface area (Å²) in [5.41, 5.74) is -0.0578. The van der Waals surface area contributed by atoms with Gasteiger partial charge in [0, 0.05) is 73.1 Å². The summed E-state index contributed by atoms with van der Waals surface area (Å²) in [6.45, 7) is 0. The topological polar surface area (TPSA) is 240 Å². The molecule has 262 valence electrons. The normalized spacial score (nSPS) is 14.6. The zero-order valence-electron chi connectivity index (χ0n) is 27.2. The number of rotatable bonds is 7. The Balaban J connectivity index is 0.000000943. The first-order valence-electron chi connectivity index (χ1n) is 15.1. The third-order valence-corrected chi connectivity index (χ3v) is 8.16. The third kappa shape index (κ3) is 6.94. The van der Waals surface area contributed by atoms with Crippen LogP contribution in [0.5, 0.6) is 0 Å². The molecule has 4 amide bonds. The highest BCUT2D eigenvalue weighted by Gasteiger charge is 2.38. The first-order chi connectivity index (χ1) is 24.1. The van der Waals surface area contributed by atoms with Gasteiger partial charge in [0.2, 0.25) is 0 Å². The number of hydrogen-bond acceptors (Lipinski definition) is 12. The number of imide groups is 2. The zero-order chi connectivity index (χ0) is 37.4. The number of amides is 4. The van der Waals surface area contributed by atoms with Crippen molar-refractivity contribution >= 4 is 78.3 Å². The molecule has 2 aliphatic heterocycles. The molecular formula is C33H28N6O11S. The predicted octanol–water partition coefficient (Wildman–Crippen LogP) is 4.82. The third-order valence-electron chi connectivity index (χ3n) is 8.16. The Kier molecular flexibility index (Phi) is 9.83. The van der Waals surface area contributed by atoms with Gasteiger partial charge in [0.25, 0.3) is 45.1 Å². The lowest BCUT2D eigenvalue weighted by molar-refractivity contribution is -0.384. The summed E-state index contributed by atoms with van der Waals surface area (Å²) in [5, 5.41) is 24.5. The number of unbranched alkanes of at least 4 members (excludes halogenated alkanes) is 1. The smallest absolute Gasteiger partial charge is 0.270 e. The van der Waals surface area contributed by atoms with Crippen molar-refractivity contribution in [3.8, 4) is 0 Å². The second-order valence-electron chi connectivity index (χ2n) is 11.4. The molecule has 0 bridgehead atoms. The molecule has 0 aromatic heterocycles. The van der Waals surface area contributed by atoms with Gasteiger partial charge in [-0.3, -0.25) is 53.9 Å². The molecule has 4 aromatic rings. The van der Waals surface area contributed by atoms with E-state index in [0.717, 1.165) is 21.9 Å². The molecular weight excluding hydrogens is 688 g/mol. The van der Waals surface area contributed by atoms with Crippen molar-refractivity contribution in [2.45, 2.75) is 25.7 Å². The fourth-order valence-corrected chi connectivity index (χ4v) is 6.08. The van der Waals surface area contributed by atoms with Crippen LogP contribution < -0.4 is 0 Å². The van der Waals surface area contributed by atoms with E-state index in [4.69, 9.17) is 4.55 Å². The summed E-state index contributed by atoms with van der Waals surface area (Å²) < 4.78 is 25.9. The van der Waals surface area contributed by atoms with Gasteiger partial charge in [0.05, 0.1) is 27.2 Å². The van der Waals surface area contributed by atoms with E-state index in [-0.39, 0.29) is 58.1 Å². The summed E-state index contributed by atoms with van der Waals surface area (Å²) in [6, 6.07) is 14.4. The first-order valence-corrected chi connectivity index (χ1v) is 17.0. The summed E-state index contributed by atoms with van der Waals surface area (Å²) in [6.07, 6.45) is 1.75. The molecule has 17 nitrogen and oxygen atoms in total. The van der Waals surface area contributed by atoms with Crippen LogP contribution in [-0.4, -0.2) is 88.3 Å². The van der Waals surface area contributed by atoms with Gasteiger partial charge < -0.3 is 0 Å². The van der Waals surface area contributed by atoms with Gasteiger partial charge in [0.15, 0.2) is 0 Å². The molecule has 0 atom stereocenters. The molecule has 0 fully saturated rings. The Morgan fingerprint density at radius 2 is 1.00 bits per heavy atom. The minimum Gasteiger partial charge on any atom is -0.286 e. The molecule has 0 saturated heterocycles. The fraction of sp³-hybridized carbons (Fsp3) is 0.212. The van der Waals surface area contributed by atoms with Crippen molar-refractivity contribution in [2.75, 3.05) is 20.4 Å². The van der Waals surface area contributed by atoms with Gasteiger partial charge in [-0.25, -0.2) is 9.80 Å². The predicted molar refractivity (Wildman–Crippen MR) is 185 cm³/mol. The van der Waals surface area contributed by atoms with Crippen LogP contribution in [0.2, 0.25) is 0 Å². The second-order valence-corrected chi connectivity index (χ2v) is 12.9. The SMILES string of the molecule is CN=C(CCCCC(=NC)N1C(=O)c2cccc3cc([N+](=O)[O-])cc(c23)C1=O)N1C(=O)c2cccc3cc([N+](=O)[O-])cc(c23)C1=O.CS(=O)(=O)O. The highest BCUT2D eigenvalue weighted by atomic mass is 32.2. The van der Waals surface area contributed by atoms with Crippen molar-refractivity contribution in [3.05, 3.63) is 103 Å². The summed E-state index contributed by atoms with van der Waals surface area (Å²) in [4.78, 5) is 86.2. The van der Waals surface area contributed by atoms with E-state index in [1.165, 1.54) is 26.2 Å². The molecule has 1 N–H and O–H groups in total. The van der Waals surface area contributed by atoms with Gasteiger partial charge in [-0.1, -0.05) is 24.3 Å². The van der Waals surface area contributed by atoms with Crippen LogP contribution in [0.3, 0.4) is 0 Å². The number of carbonyl (C=O) groups is 4. The van der Waals surface area contributed by atoms with Crippen LogP contribution in [0.25, 0.3) is 21.5 Å². The Hall–Kier alpha value is -6.27. The largest absolute Gasteiger partial charge is 0.286 e. The van der Waals surface area contributed by atoms with Crippen molar-refractivity contribution < 1.29 is 42.0 Å². The number of nitro benzene ring substituents is 2.